The first kappa shape index (κ1) is 16.0. The summed E-state index contributed by atoms with van der Waals surface area (Å²) in [6, 6.07) is 8.85. The van der Waals surface area contributed by atoms with Crippen LogP contribution in [0.2, 0.25) is 5.02 Å². The second-order valence-electron chi connectivity index (χ2n) is 6.41. The lowest BCUT2D eigenvalue weighted by molar-refractivity contribution is 0.000103. The molecule has 2 aromatic rings. The first-order chi connectivity index (χ1) is 10.9. The van der Waals surface area contributed by atoms with Gasteiger partial charge < -0.3 is 10.0 Å². The number of halogens is 1. The van der Waals surface area contributed by atoms with Crippen LogP contribution in [0.15, 0.2) is 36.5 Å². The van der Waals surface area contributed by atoms with Gasteiger partial charge in [0.05, 0.1) is 22.4 Å². The molecule has 1 N–H and O–H groups in total. The van der Waals surface area contributed by atoms with Crippen LogP contribution in [-0.4, -0.2) is 43.9 Å². The number of aromatic nitrogens is 2. The lowest BCUT2D eigenvalue weighted by Crippen LogP contribution is -2.48. The largest absolute Gasteiger partial charge is 0.388 e. The average Bonchev–Trinajstić information content (AvgIpc) is 3.16. The van der Waals surface area contributed by atoms with Crippen LogP contribution in [0.1, 0.15) is 37.2 Å². The molecule has 2 heterocycles. The van der Waals surface area contributed by atoms with Crippen molar-refractivity contribution in [1.29, 1.82) is 0 Å². The summed E-state index contributed by atoms with van der Waals surface area (Å²) in [5.41, 5.74) is 0.173. The van der Waals surface area contributed by atoms with Gasteiger partial charge in [-0.1, -0.05) is 23.7 Å². The highest BCUT2D eigenvalue weighted by atomic mass is 35.5. The van der Waals surface area contributed by atoms with E-state index in [4.69, 9.17) is 11.6 Å². The fraction of sp³-hybridized carbons (Fsp3) is 0.412. The van der Waals surface area contributed by atoms with Crippen LogP contribution in [-0.2, 0) is 0 Å². The maximum atomic E-state index is 12.7. The highest BCUT2D eigenvalue weighted by molar-refractivity contribution is 6.32. The van der Waals surface area contributed by atoms with Crippen molar-refractivity contribution in [3.05, 3.63) is 47.2 Å². The zero-order chi connectivity index (χ0) is 16.6. The maximum absolute atomic E-state index is 12.7. The van der Waals surface area contributed by atoms with Gasteiger partial charge in [0.2, 0.25) is 0 Å². The monoisotopic (exact) mass is 333 g/mol. The molecule has 0 aliphatic carbocycles. The minimum atomic E-state index is -0.919. The third-order valence-corrected chi connectivity index (χ3v) is 4.56. The minimum Gasteiger partial charge on any atom is -0.388 e. The fourth-order valence-electron chi connectivity index (χ4n) is 3.10. The molecule has 5 nitrogen and oxygen atoms in total. The standard InChI is InChI=1S/C17H20ClN3O2/c1-17(2,23)15-8-5-10-20(15)16(22)13-9-11-21(19-13)14-7-4-3-6-12(14)18/h3-4,6-7,9,11,15,23H,5,8,10H2,1-2H3. The normalized spacial score (nSPS) is 18.4. The number of amides is 1. The van der Waals surface area contributed by atoms with Crippen molar-refractivity contribution in [2.75, 3.05) is 6.54 Å². The maximum Gasteiger partial charge on any atom is 0.274 e. The van der Waals surface area contributed by atoms with Crippen molar-refractivity contribution in [3.63, 3.8) is 0 Å². The van der Waals surface area contributed by atoms with Gasteiger partial charge in [-0.25, -0.2) is 4.68 Å². The first-order valence-electron chi connectivity index (χ1n) is 7.72. The van der Waals surface area contributed by atoms with Crippen molar-refractivity contribution in [2.24, 2.45) is 0 Å². The molecule has 3 rings (SSSR count). The number of rotatable bonds is 3. The smallest absolute Gasteiger partial charge is 0.274 e. The molecule has 1 fully saturated rings. The molecule has 0 spiro atoms. The number of nitrogens with zero attached hydrogens (tertiary/aromatic N) is 3. The van der Waals surface area contributed by atoms with Gasteiger partial charge in [0, 0.05) is 12.7 Å². The molecule has 1 aromatic carbocycles. The van der Waals surface area contributed by atoms with Crippen LogP contribution in [0.4, 0.5) is 0 Å². The van der Waals surface area contributed by atoms with Gasteiger partial charge in [0.25, 0.3) is 5.91 Å². The molecule has 1 unspecified atom stereocenters. The number of hydrogen-bond donors (Lipinski definition) is 1. The Morgan fingerprint density at radius 3 is 2.78 bits per heavy atom. The molecule has 1 aliphatic rings. The van der Waals surface area contributed by atoms with Crippen LogP contribution in [0.3, 0.4) is 0 Å². The second kappa shape index (κ2) is 5.98. The minimum absolute atomic E-state index is 0.152. The van der Waals surface area contributed by atoms with Crippen molar-refractivity contribution in [3.8, 4) is 5.69 Å². The number of benzene rings is 1. The number of aliphatic hydroxyl groups is 1. The van der Waals surface area contributed by atoms with Gasteiger partial charge in [-0.05, 0) is 44.9 Å². The molecule has 1 aromatic heterocycles. The topological polar surface area (TPSA) is 58.4 Å². The average molecular weight is 334 g/mol. The second-order valence-corrected chi connectivity index (χ2v) is 6.81. The SMILES string of the molecule is CC(C)(O)C1CCCN1C(=O)c1ccn(-c2ccccc2Cl)n1. The summed E-state index contributed by atoms with van der Waals surface area (Å²) in [5.74, 6) is -0.152. The highest BCUT2D eigenvalue weighted by Gasteiger charge is 2.39. The quantitative estimate of drug-likeness (QED) is 0.939. The van der Waals surface area contributed by atoms with Crippen LogP contribution in [0.25, 0.3) is 5.69 Å². The van der Waals surface area contributed by atoms with Gasteiger partial charge in [-0.3, -0.25) is 4.79 Å². The van der Waals surface area contributed by atoms with E-state index in [-0.39, 0.29) is 11.9 Å². The Labute approximate surface area is 140 Å². The molecule has 0 saturated carbocycles. The van der Waals surface area contributed by atoms with E-state index < -0.39 is 5.60 Å². The zero-order valence-corrected chi connectivity index (χ0v) is 14.0. The Bertz CT molecular complexity index is 721. The Hall–Kier alpha value is -1.85. The van der Waals surface area contributed by atoms with Crippen molar-refractivity contribution in [2.45, 2.75) is 38.3 Å². The molecule has 1 aliphatic heterocycles. The summed E-state index contributed by atoms with van der Waals surface area (Å²) < 4.78 is 1.60. The zero-order valence-electron chi connectivity index (χ0n) is 13.2. The number of hydrogen-bond acceptors (Lipinski definition) is 3. The van der Waals surface area contributed by atoms with E-state index in [2.05, 4.69) is 5.10 Å². The Balaban J connectivity index is 1.86. The van der Waals surface area contributed by atoms with Crippen LogP contribution >= 0.6 is 11.6 Å². The predicted molar refractivity (Wildman–Crippen MR) is 88.9 cm³/mol. The molecule has 0 bridgehead atoms. The van der Waals surface area contributed by atoms with Crippen molar-refractivity contribution in [1.82, 2.24) is 14.7 Å². The van der Waals surface area contributed by atoms with Crippen LogP contribution < -0.4 is 0 Å². The lowest BCUT2D eigenvalue weighted by Gasteiger charge is -2.33. The first-order valence-corrected chi connectivity index (χ1v) is 8.09. The predicted octanol–water partition coefficient (Wildman–Crippen LogP) is 2.90. The van der Waals surface area contributed by atoms with Crippen LogP contribution in [0.5, 0.6) is 0 Å². The van der Waals surface area contributed by atoms with E-state index in [1.165, 1.54) is 0 Å². The molecule has 1 amide bonds. The molecule has 23 heavy (non-hydrogen) atoms. The van der Waals surface area contributed by atoms with Gasteiger partial charge >= 0.3 is 0 Å². The highest BCUT2D eigenvalue weighted by Crippen LogP contribution is 2.28. The molecule has 6 heteroatoms. The van der Waals surface area contributed by atoms with E-state index in [9.17, 15) is 9.90 Å². The molecule has 1 atom stereocenters. The summed E-state index contributed by atoms with van der Waals surface area (Å²) in [4.78, 5) is 14.5. The molecular weight excluding hydrogens is 314 g/mol. The van der Waals surface area contributed by atoms with E-state index >= 15 is 0 Å². The molecule has 0 radical (unpaired) electrons. The lowest BCUT2D eigenvalue weighted by atomic mass is 9.96. The van der Waals surface area contributed by atoms with Gasteiger partial charge in [0.1, 0.15) is 0 Å². The van der Waals surface area contributed by atoms with Gasteiger partial charge in [0.15, 0.2) is 5.69 Å². The number of para-hydroxylation sites is 1. The van der Waals surface area contributed by atoms with E-state index in [1.807, 2.05) is 18.2 Å². The van der Waals surface area contributed by atoms with Gasteiger partial charge in [-0.15, -0.1) is 0 Å². The Kier molecular flexibility index (Phi) is 4.17. The third-order valence-electron chi connectivity index (χ3n) is 4.24. The number of carbonyl (C=O) groups is 1. The summed E-state index contributed by atoms with van der Waals surface area (Å²) in [6.45, 7) is 4.13. The van der Waals surface area contributed by atoms with E-state index in [0.29, 0.717) is 17.3 Å². The number of likely N-dealkylation sites (tertiary alicyclic amines) is 1. The molecular formula is C17H20ClN3O2. The van der Waals surface area contributed by atoms with Crippen LogP contribution in [0, 0.1) is 0 Å². The third kappa shape index (κ3) is 3.12. The molecule has 122 valence electrons. The Morgan fingerprint density at radius 1 is 1.35 bits per heavy atom. The molecule has 1 saturated heterocycles. The van der Waals surface area contributed by atoms with Crippen molar-refractivity contribution >= 4 is 17.5 Å². The van der Waals surface area contributed by atoms with E-state index in [1.54, 1.807) is 41.8 Å². The number of carbonyl (C=O) groups excluding carboxylic acids is 1. The Morgan fingerprint density at radius 2 is 2.09 bits per heavy atom. The van der Waals surface area contributed by atoms with Gasteiger partial charge in [-0.2, -0.15) is 5.10 Å². The fourth-order valence-corrected chi connectivity index (χ4v) is 3.32. The summed E-state index contributed by atoms with van der Waals surface area (Å²) in [5, 5.41) is 15.2. The summed E-state index contributed by atoms with van der Waals surface area (Å²) in [7, 11) is 0. The summed E-state index contributed by atoms with van der Waals surface area (Å²) >= 11 is 6.17. The van der Waals surface area contributed by atoms with Crippen molar-refractivity contribution < 1.29 is 9.90 Å². The summed E-state index contributed by atoms with van der Waals surface area (Å²) in [6.07, 6.45) is 3.43. The van der Waals surface area contributed by atoms with E-state index in [0.717, 1.165) is 18.5 Å².